The van der Waals surface area contributed by atoms with E-state index in [-0.39, 0.29) is 35.9 Å². The molecule has 2 aliphatic rings. The number of ether oxygens (including phenoxy) is 2. The van der Waals surface area contributed by atoms with E-state index in [1.54, 1.807) is 7.11 Å². The van der Waals surface area contributed by atoms with Gasteiger partial charge in [-0.1, -0.05) is 12.1 Å². The Morgan fingerprint density at radius 2 is 1.84 bits per heavy atom. The molecule has 0 radical (unpaired) electrons. The second-order valence-corrected chi connectivity index (χ2v) is 8.54. The number of guanidine groups is 1. The summed E-state index contributed by atoms with van der Waals surface area (Å²) < 4.78 is 10.5. The molecule has 0 aromatic heterocycles. The topological polar surface area (TPSA) is 66.4 Å². The number of nitrogens with one attached hydrogen (secondary N) is 1. The lowest BCUT2D eigenvalue weighted by atomic mass is 9.85. The molecule has 2 aliphatic heterocycles. The van der Waals surface area contributed by atoms with Gasteiger partial charge < -0.3 is 19.7 Å². The first kappa shape index (κ1) is 26.7. The Labute approximate surface area is 209 Å². The molecule has 2 saturated heterocycles. The Morgan fingerprint density at radius 1 is 1.16 bits per heavy atom. The van der Waals surface area contributed by atoms with Crippen molar-refractivity contribution in [2.45, 2.75) is 38.6 Å². The first-order valence-corrected chi connectivity index (χ1v) is 11.5. The Morgan fingerprint density at radius 3 is 2.44 bits per heavy atom. The zero-order valence-corrected chi connectivity index (χ0v) is 22.2. The lowest BCUT2D eigenvalue weighted by molar-refractivity contribution is -0.149. The van der Waals surface area contributed by atoms with E-state index >= 15 is 0 Å². The van der Waals surface area contributed by atoms with E-state index in [2.05, 4.69) is 51.4 Å². The maximum atomic E-state index is 12.0. The zero-order chi connectivity index (χ0) is 22.2. The van der Waals surface area contributed by atoms with Crippen LogP contribution < -0.4 is 10.1 Å². The summed E-state index contributed by atoms with van der Waals surface area (Å²) in [5.41, 5.74) is 1.33. The lowest BCUT2D eigenvalue weighted by Crippen LogP contribution is -2.49. The zero-order valence-electron chi connectivity index (χ0n) is 19.9. The predicted octanol–water partition coefficient (Wildman–Crippen LogP) is 3.55. The van der Waals surface area contributed by atoms with E-state index in [0.29, 0.717) is 18.6 Å². The summed E-state index contributed by atoms with van der Waals surface area (Å²) in [6.45, 7) is 5.97. The second-order valence-electron chi connectivity index (χ2n) is 8.54. The molecule has 3 rings (SSSR count). The summed E-state index contributed by atoms with van der Waals surface area (Å²) >= 11 is 0. The summed E-state index contributed by atoms with van der Waals surface area (Å²) in [5.74, 6) is 2.28. The minimum Gasteiger partial charge on any atom is -0.497 e. The Balaban J connectivity index is 0.00000363. The van der Waals surface area contributed by atoms with Gasteiger partial charge in [-0.3, -0.25) is 14.7 Å². The SMILES string of the molecule is CCOC(=O)C1CCN(C(=NC)NCC2CCCN(C)C2c2ccc(OC)cc2)CC1.I. The van der Waals surface area contributed by atoms with E-state index in [4.69, 9.17) is 9.47 Å². The average molecular weight is 559 g/mol. The number of halogens is 1. The predicted molar refractivity (Wildman–Crippen MR) is 139 cm³/mol. The standard InChI is InChI=1S/C24H38N4O3.HI/c1-5-31-23(29)19-12-15-28(16-13-19)24(25-2)26-17-20-7-6-14-27(3)22(20)18-8-10-21(30-4)11-9-18;/h8-11,19-20,22H,5-7,12-17H2,1-4H3,(H,25,26);1H. The van der Waals surface area contributed by atoms with Crippen molar-refractivity contribution < 1.29 is 14.3 Å². The maximum absolute atomic E-state index is 12.0. The highest BCUT2D eigenvalue weighted by Gasteiger charge is 2.32. The second kappa shape index (κ2) is 13.2. The van der Waals surface area contributed by atoms with Crippen molar-refractivity contribution in [2.75, 3.05) is 54.0 Å². The fourth-order valence-corrected chi connectivity index (χ4v) is 4.94. The van der Waals surface area contributed by atoms with Gasteiger partial charge >= 0.3 is 5.97 Å². The van der Waals surface area contributed by atoms with Crippen LogP contribution in [0.2, 0.25) is 0 Å². The molecule has 0 spiro atoms. The van der Waals surface area contributed by atoms with Crippen molar-refractivity contribution in [1.29, 1.82) is 0 Å². The van der Waals surface area contributed by atoms with Gasteiger partial charge in [-0.15, -0.1) is 24.0 Å². The molecule has 0 amide bonds. The number of carbonyl (C=O) groups is 1. The molecule has 0 aliphatic carbocycles. The summed E-state index contributed by atoms with van der Waals surface area (Å²) in [6, 6.07) is 8.85. The van der Waals surface area contributed by atoms with Gasteiger partial charge in [0.25, 0.3) is 0 Å². The molecule has 1 N–H and O–H groups in total. The summed E-state index contributed by atoms with van der Waals surface area (Å²) in [4.78, 5) is 21.3. The van der Waals surface area contributed by atoms with Gasteiger partial charge in [0.1, 0.15) is 5.75 Å². The number of esters is 1. The largest absolute Gasteiger partial charge is 0.497 e. The molecule has 2 unspecified atom stereocenters. The molecule has 1 aromatic rings. The van der Waals surface area contributed by atoms with Crippen LogP contribution >= 0.6 is 24.0 Å². The third kappa shape index (κ3) is 6.73. The minimum atomic E-state index is -0.0577. The molecule has 2 fully saturated rings. The first-order valence-electron chi connectivity index (χ1n) is 11.5. The smallest absolute Gasteiger partial charge is 0.309 e. The van der Waals surface area contributed by atoms with Crippen molar-refractivity contribution in [3.63, 3.8) is 0 Å². The average Bonchev–Trinajstić information content (AvgIpc) is 2.80. The van der Waals surface area contributed by atoms with Crippen LogP contribution in [0.3, 0.4) is 0 Å². The molecule has 180 valence electrons. The fraction of sp³-hybridized carbons (Fsp3) is 0.667. The van der Waals surface area contributed by atoms with E-state index in [1.807, 2.05) is 14.0 Å². The van der Waals surface area contributed by atoms with Gasteiger partial charge in [0.15, 0.2) is 5.96 Å². The van der Waals surface area contributed by atoms with Crippen LogP contribution in [0.15, 0.2) is 29.3 Å². The van der Waals surface area contributed by atoms with Gasteiger partial charge in [-0.05, 0) is 69.8 Å². The van der Waals surface area contributed by atoms with Gasteiger partial charge in [-0.2, -0.15) is 0 Å². The van der Waals surface area contributed by atoms with Crippen LogP contribution in [-0.4, -0.2) is 75.7 Å². The molecule has 0 saturated carbocycles. The molecular formula is C24H39IN4O3. The highest BCUT2D eigenvalue weighted by atomic mass is 127. The van der Waals surface area contributed by atoms with Crippen molar-refractivity contribution in [2.24, 2.45) is 16.8 Å². The van der Waals surface area contributed by atoms with E-state index in [1.165, 1.54) is 18.4 Å². The number of benzene rings is 1. The first-order chi connectivity index (χ1) is 15.1. The summed E-state index contributed by atoms with van der Waals surface area (Å²) in [7, 11) is 5.76. The summed E-state index contributed by atoms with van der Waals surface area (Å²) in [5, 5.41) is 3.63. The van der Waals surface area contributed by atoms with Crippen molar-refractivity contribution in [1.82, 2.24) is 15.1 Å². The molecule has 8 heteroatoms. The third-order valence-corrected chi connectivity index (χ3v) is 6.61. The number of piperidine rings is 2. The maximum Gasteiger partial charge on any atom is 0.309 e. The van der Waals surface area contributed by atoms with Crippen LogP contribution in [0.1, 0.15) is 44.2 Å². The molecule has 2 heterocycles. The number of rotatable bonds is 6. The van der Waals surface area contributed by atoms with Crippen LogP contribution in [0, 0.1) is 11.8 Å². The fourth-order valence-electron chi connectivity index (χ4n) is 4.94. The molecule has 0 bridgehead atoms. The number of methoxy groups -OCH3 is 1. The van der Waals surface area contributed by atoms with Gasteiger partial charge in [0, 0.05) is 32.7 Å². The quantitative estimate of drug-likeness (QED) is 0.250. The number of hydrogen-bond donors (Lipinski definition) is 1. The Kier molecular flexibility index (Phi) is 11.0. The number of carbonyl (C=O) groups excluding carboxylic acids is 1. The molecule has 7 nitrogen and oxygen atoms in total. The number of nitrogens with zero attached hydrogens (tertiary/aromatic N) is 3. The van der Waals surface area contributed by atoms with Crippen LogP contribution in [-0.2, 0) is 9.53 Å². The van der Waals surface area contributed by atoms with Crippen LogP contribution in [0.4, 0.5) is 0 Å². The molecule has 32 heavy (non-hydrogen) atoms. The van der Waals surface area contributed by atoms with E-state index in [0.717, 1.165) is 50.7 Å². The number of likely N-dealkylation sites (tertiary alicyclic amines) is 2. The molecule has 2 atom stereocenters. The van der Waals surface area contributed by atoms with Crippen LogP contribution in [0.25, 0.3) is 0 Å². The Bertz CT molecular complexity index is 735. The highest BCUT2D eigenvalue weighted by molar-refractivity contribution is 14.0. The summed E-state index contributed by atoms with van der Waals surface area (Å²) in [6.07, 6.45) is 4.04. The molecular weight excluding hydrogens is 519 g/mol. The Hall–Kier alpha value is -1.55. The minimum absolute atomic E-state index is 0. The van der Waals surface area contributed by atoms with Gasteiger partial charge in [0.05, 0.1) is 19.6 Å². The number of hydrogen-bond acceptors (Lipinski definition) is 5. The van der Waals surface area contributed by atoms with Gasteiger partial charge in [-0.25, -0.2) is 0 Å². The lowest BCUT2D eigenvalue weighted by Gasteiger charge is -2.40. The van der Waals surface area contributed by atoms with Crippen LogP contribution in [0.5, 0.6) is 5.75 Å². The number of aliphatic imine (C=N–C) groups is 1. The van der Waals surface area contributed by atoms with Crippen molar-refractivity contribution in [3.05, 3.63) is 29.8 Å². The van der Waals surface area contributed by atoms with E-state index < -0.39 is 0 Å². The van der Waals surface area contributed by atoms with Gasteiger partial charge in [0.2, 0.25) is 0 Å². The third-order valence-electron chi connectivity index (χ3n) is 6.61. The monoisotopic (exact) mass is 558 g/mol. The normalized spacial score (nSPS) is 22.8. The molecule has 1 aromatic carbocycles. The van der Waals surface area contributed by atoms with Crippen molar-refractivity contribution in [3.8, 4) is 5.75 Å². The van der Waals surface area contributed by atoms with E-state index in [9.17, 15) is 4.79 Å². The van der Waals surface area contributed by atoms with Crippen molar-refractivity contribution >= 4 is 35.9 Å². The highest BCUT2D eigenvalue weighted by Crippen LogP contribution is 2.35.